The summed E-state index contributed by atoms with van der Waals surface area (Å²) in [6, 6.07) is 5.41. The summed E-state index contributed by atoms with van der Waals surface area (Å²) in [7, 11) is 0. The summed E-state index contributed by atoms with van der Waals surface area (Å²) < 4.78 is 5.25. The van der Waals surface area contributed by atoms with Gasteiger partial charge in [0, 0.05) is 24.8 Å². The van der Waals surface area contributed by atoms with Gasteiger partial charge in [0.2, 0.25) is 0 Å². The number of nitrogens with one attached hydrogen (secondary N) is 2. The molecule has 6 N–H and O–H groups in total. The van der Waals surface area contributed by atoms with Crippen LogP contribution in [0.4, 0.5) is 11.4 Å². The molecule has 17 heavy (non-hydrogen) atoms. The summed E-state index contributed by atoms with van der Waals surface area (Å²) in [6.07, 6.45) is 0. The Balaban J connectivity index is 2.05. The number of carbonyl (C=O) groups excluding carboxylic acids is 1. The number of rotatable bonds is 4. The van der Waals surface area contributed by atoms with Gasteiger partial charge in [0.05, 0.1) is 5.69 Å². The number of hydrogen-bond donors (Lipinski definition) is 4. The molecule has 1 atom stereocenters. The van der Waals surface area contributed by atoms with Crippen molar-refractivity contribution in [2.45, 2.75) is 6.04 Å². The summed E-state index contributed by atoms with van der Waals surface area (Å²) in [5.41, 5.74) is 12.7. The van der Waals surface area contributed by atoms with E-state index in [2.05, 4.69) is 10.6 Å². The first-order valence-corrected chi connectivity index (χ1v) is 5.45. The third kappa shape index (κ3) is 2.86. The fourth-order valence-corrected chi connectivity index (χ4v) is 1.53. The number of amides is 1. The van der Waals surface area contributed by atoms with Gasteiger partial charge in [0.25, 0.3) is 5.91 Å². The summed E-state index contributed by atoms with van der Waals surface area (Å²) in [5.74, 6) is 0.534. The lowest BCUT2D eigenvalue weighted by Gasteiger charge is -2.19. The maximum atomic E-state index is 11.2. The van der Waals surface area contributed by atoms with Crippen molar-refractivity contribution < 1.29 is 9.53 Å². The van der Waals surface area contributed by atoms with Crippen LogP contribution in [0.25, 0.3) is 0 Å². The lowest BCUT2D eigenvalue weighted by atomic mass is 10.2. The predicted molar refractivity (Wildman–Crippen MR) is 66.1 cm³/mol. The number of benzene rings is 1. The van der Waals surface area contributed by atoms with Gasteiger partial charge in [0.1, 0.15) is 5.75 Å². The third-order valence-corrected chi connectivity index (χ3v) is 2.48. The second-order valence-corrected chi connectivity index (χ2v) is 3.92. The maximum absolute atomic E-state index is 11.2. The van der Waals surface area contributed by atoms with Crippen LogP contribution in [0.2, 0.25) is 0 Å². The molecule has 0 aliphatic carbocycles. The van der Waals surface area contributed by atoms with E-state index in [9.17, 15) is 4.79 Å². The second-order valence-electron chi connectivity index (χ2n) is 3.92. The van der Waals surface area contributed by atoms with Crippen molar-refractivity contribution in [3.05, 3.63) is 18.2 Å². The molecule has 1 amide bonds. The SMILES string of the molecule is NCC(N)CNc1ccc2c(c1)NC(=O)CO2. The molecule has 1 aromatic rings. The van der Waals surface area contributed by atoms with E-state index in [1.165, 1.54) is 0 Å². The standard InChI is InChI=1S/C11H16N4O2/c12-4-7(13)5-14-8-1-2-10-9(3-8)15-11(16)6-17-10/h1-3,7,14H,4-6,12-13H2,(H,15,16). The molecule has 0 fully saturated rings. The first-order chi connectivity index (χ1) is 8.19. The zero-order valence-electron chi connectivity index (χ0n) is 9.40. The fourth-order valence-electron chi connectivity index (χ4n) is 1.53. The molecule has 1 aliphatic heterocycles. The van der Waals surface area contributed by atoms with E-state index in [-0.39, 0.29) is 18.6 Å². The van der Waals surface area contributed by atoms with E-state index >= 15 is 0 Å². The highest BCUT2D eigenvalue weighted by atomic mass is 16.5. The molecule has 6 heteroatoms. The molecule has 0 radical (unpaired) electrons. The molecule has 1 unspecified atom stereocenters. The Labute approximate surface area is 99.3 Å². The van der Waals surface area contributed by atoms with Crippen molar-refractivity contribution >= 4 is 17.3 Å². The minimum Gasteiger partial charge on any atom is -0.482 e. The van der Waals surface area contributed by atoms with Crippen LogP contribution in [-0.4, -0.2) is 31.6 Å². The minimum absolute atomic E-state index is 0.0673. The van der Waals surface area contributed by atoms with E-state index in [4.69, 9.17) is 16.2 Å². The maximum Gasteiger partial charge on any atom is 0.262 e. The molecule has 6 nitrogen and oxygen atoms in total. The Bertz CT molecular complexity index is 422. The second kappa shape index (κ2) is 5.03. The molecule has 1 aliphatic rings. The summed E-state index contributed by atoms with van der Waals surface area (Å²) in [5, 5.41) is 5.89. The van der Waals surface area contributed by atoms with Crippen molar-refractivity contribution in [3.63, 3.8) is 0 Å². The van der Waals surface area contributed by atoms with Gasteiger partial charge < -0.3 is 26.8 Å². The van der Waals surface area contributed by atoms with Crippen LogP contribution in [0.1, 0.15) is 0 Å². The Morgan fingerprint density at radius 1 is 1.53 bits per heavy atom. The molecule has 0 aromatic heterocycles. The molecular formula is C11H16N4O2. The quantitative estimate of drug-likeness (QED) is 0.575. The highest BCUT2D eigenvalue weighted by molar-refractivity contribution is 5.95. The minimum atomic E-state index is -0.145. The number of fused-ring (bicyclic) bond motifs is 1. The van der Waals surface area contributed by atoms with Gasteiger partial charge in [0.15, 0.2) is 6.61 Å². The van der Waals surface area contributed by atoms with Crippen LogP contribution in [-0.2, 0) is 4.79 Å². The Morgan fingerprint density at radius 3 is 3.12 bits per heavy atom. The lowest BCUT2D eigenvalue weighted by molar-refractivity contribution is -0.118. The molecular weight excluding hydrogens is 220 g/mol. The highest BCUT2D eigenvalue weighted by Crippen LogP contribution is 2.30. The lowest BCUT2D eigenvalue weighted by Crippen LogP contribution is -2.36. The highest BCUT2D eigenvalue weighted by Gasteiger charge is 2.15. The largest absolute Gasteiger partial charge is 0.482 e. The smallest absolute Gasteiger partial charge is 0.262 e. The Kier molecular flexibility index (Phi) is 3.46. The number of ether oxygens (including phenoxy) is 1. The molecule has 2 rings (SSSR count). The average molecular weight is 236 g/mol. The van der Waals surface area contributed by atoms with Crippen molar-refractivity contribution in [1.82, 2.24) is 0 Å². The fraction of sp³-hybridized carbons (Fsp3) is 0.364. The van der Waals surface area contributed by atoms with E-state index < -0.39 is 0 Å². The van der Waals surface area contributed by atoms with E-state index in [0.717, 1.165) is 5.69 Å². The molecule has 92 valence electrons. The van der Waals surface area contributed by atoms with E-state index in [0.29, 0.717) is 24.5 Å². The summed E-state index contributed by atoms with van der Waals surface area (Å²) in [4.78, 5) is 11.2. The van der Waals surface area contributed by atoms with Crippen LogP contribution in [0, 0.1) is 0 Å². The van der Waals surface area contributed by atoms with Gasteiger partial charge in [-0.2, -0.15) is 0 Å². The van der Waals surface area contributed by atoms with Crippen LogP contribution in [0.3, 0.4) is 0 Å². The molecule has 0 saturated heterocycles. The monoisotopic (exact) mass is 236 g/mol. The van der Waals surface area contributed by atoms with E-state index in [1.807, 2.05) is 18.2 Å². The van der Waals surface area contributed by atoms with Crippen LogP contribution < -0.4 is 26.8 Å². The zero-order valence-corrected chi connectivity index (χ0v) is 9.40. The van der Waals surface area contributed by atoms with Gasteiger partial charge in [-0.3, -0.25) is 4.79 Å². The molecule has 1 heterocycles. The van der Waals surface area contributed by atoms with Gasteiger partial charge in [-0.15, -0.1) is 0 Å². The molecule has 0 spiro atoms. The Morgan fingerprint density at radius 2 is 2.35 bits per heavy atom. The van der Waals surface area contributed by atoms with Gasteiger partial charge >= 0.3 is 0 Å². The number of anilines is 2. The number of hydrogen-bond acceptors (Lipinski definition) is 5. The molecule has 0 bridgehead atoms. The first kappa shape index (κ1) is 11.7. The normalized spacial score (nSPS) is 15.5. The number of nitrogens with two attached hydrogens (primary N) is 2. The number of carbonyl (C=O) groups is 1. The van der Waals surface area contributed by atoms with Crippen molar-refractivity contribution in [2.75, 3.05) is 30.3 Å². The van der Waals surface area contributed by atoms with Crippen LogP contribution in [0.5, 0.6) is 5.75 Å². The summed E-state index contributed by atoms with van der Waals surface area (Å²) in [6.45, 7) is 1.08. The summed E-state index contributed by atoms with van der Waals surface area (Å²) >= 11 is 0. The first-order valence-electron chi connectivity index (χ1n) is 5.45. The Hall–Kier alpha value is -1.79. The topological polar surface area (TPSA) is 102 Å². The van der Waals surface area contributed by atoms with Crippen molar-refractivity contribution in [1.29, 1.82) is 0 Å². The van der Waals surface area contributed by atoms with Gasteiger partial charge in [-0.1, -0.05) is 0 Å². The third-order valence-electron chi connectivity index (χ3n) is 2.48. The van der Waals surface area contributed by atoms with Crippen molar-refractivity contribution in [3.8, 4) is 5.75 Å². The van der Waals surface area contributed by atoms with Gasteiger partial charge in [-0.05, 0) is 18.2 Å². The zero-order chi connectivity index (χ0) is 12.3. The van der Waals surface area contributed by atoms with E-state index in [1.54, 1.807) is 0 Å². The van der Waals surface area contributed by atoms with Crippen LogP contribution in [0.15, 0.2) is 18.2 Å². The average Bonchev–Trinajstić information content (AvgIpc) is 2.35. The van der Waals surface area contributed by atoms with Crippen molar-refractivity contribution in [2.24, 2.45) is 11.5 Å². The molecule has 0 saturated carbocycles. The molecule has 1 aromatic carbocycles. The predicted octanol–water partition coefficient (Wildman–Crippen LogP) is -0.285. The van der Waals surface area contributed by atoms with Gasteiger partial charge in [-0.25, -0.2) is 0 Å². The van der Waals surface area contributed by atoms with Crippen LogP contribution >= 0.6 is 0 Å².